The highest BCUT2D eigenvalue weighted by Crippen LogP contribution is 2.37. The van der Waals surface area contributed by atoms with Gasteiger partial charge >= 0.3 is 0 Å². The lowest BCUT2D eigenvalue weighted by Crippen LogP contribution is -2.10. The van der Waals surface area contributed by atoms with Crippen LogP contribution >= 0.6 is 11.6 Å². The van der Waals surface area contributed by atoms with Crippen LogP contribution in [0.4, 0.5) is 0 Å². The summed E-state index contributed by atoms with van der Waals surface area (Å²) in [5.74, 6) is 2.41. The molecule has 1 aromatic rings. The van der Waals surface area contributed by atoms with E-state index in [-0.39, 0.29) is 6.10 Å². The minimum absolute atomic E-state index is 0.267. The summed E-state index contributed by atoms with van der Waals surface area (Å²) in [6.07, 6.45) is 4.62. The fourth-order valence-electron chi connectivity index (χ4n) is 1.83. The number of halogens is 1. The zero-order chi connectivity index (χ0) is 11.5. The summed E-state index contributed by atoms with van der Waals surface area (Å²) in [5.41, 5.74) is 0. The molecule has 1 saturated carbocycles. The molecule has 0 aliphatic heterocycles. The van der Waals surface area contributed by atoms with E-state index in [1.54, 1.807) is 7.11 Å². The van der Waals surface area contributed by atoms with Crippen molar-refractivity contribution in [1.29, 1.82) is 0 Å². The molecule has 0 N–H and O–H groups in total. The van der Waals surface area contributed by atoms with Gasteiger partial charge in [-0.15, -0.1) is 21.8 Å². The number of rotatable bonds is 6. The van der Waals surface area contributed by atoms with Crippen molar-refractivity contribution in [3.8, 4) is 0 Å². The Bertz CT molecular complexity index is 349. The van der Waals surface area contributed by atoms with Crippen LogP contribution < -0.4 is 0 Å². The van der Waals surface area contributed by atoms with E-state index in [1.165, 1.54) is 12.8 Å². The van der Waals surface area contributed by atoms with Crippen LogP contribution in [0.2, 0.25) is 0 Å². The Labute approximate surface area is 101 Å². The van der Waals surface area contributed by atoms with E-state index >= 15 is 0 Å². The normalized spacial score (nSPS) is 17.7. The summed E-state index contributed by atoms with van der Waals surface area (Å²) in [7, 11) is 1.74. The average molecular weight is 244 g/mol. The monoisotopic (exact) mass is 243 g/mol. The van der Waals surface area contributed by atoms with Crippen molar-refractivity contribution >= 4 is 11.6 Å². The molecule has 1 atom stereocenters. The van der Waals surface area contributed by atoms with Gasteiger partial charge in [-0.05, 0) is 26.2 Å². The molecule has 16 heavy (non-hydrogen) atoms. The van der Waals surface area contributed by atoms with E-state index in [2.05, 4.69) is 21.7 Å². The summed E-state index contributed by atoms with van der Waals surface area (Å²) < 4.78 is 7.46. The van der Waals surface area contributed by atoms with Gasteiger partial charge in [0.25, 0.3) is 0 Å². The second-order valence-electron chi connectivity index (χ2n) is 4.35. The molecule has 2 rings (SSSR count). The highest BCUT2D eigenvalue weighted by Gasteiger charge is 2.28. The number of hydrogen-bond donors (Lipinski definition) is 0. The molecule has 1 fully saturated rings. The lowest BCUT2D eigenvalue weighted by atomic mass is 10.2. The van der Waals surface area contributed by atoms with E-state index < -0.39 is 0 Å². The van der Waals surface area contributed by atoms with Crippen molar-refractivity contribution in [3.05, 3.63) is 11.6 Å². The first-order valence-corrected chi connectivity index (χ1v) is 6.31. The summed E-state index contributed by atoms with van der Waals surface area (Å²) in [6.45, 7) is 2.07. The smallest absolute Gasteiger partial charge is 0.148 e. The van der Waals surface area contributed by atoms with E-state index in [0.717, 1.165) is 24.5 Å². The number of ether oxygens (including phenoxy) is 1. The molecule has 1 unspecified atom stereocenters. The Balaban J connectivity index is 2.05. The summed E-state index contributed by atoms with van der Waals surface area (Å²) >= 11 is 5.86. The van der Waals surface area contributed by atoms with Crippen LogP contribution in [0, 0.1) is 0 Å². The average Bonchev–Trinajstić information content (AvgIpc) is 3.06. The molecular formula is C11H18ClN3O. The predicted octanol–water partition coefficient (Wildman–Crippen LogP) is 2.32. The quantitative estimate of drug-likeness (QED) is 0.720. The van der Waals surface area contributed by atoms with Gasteiger partial charge in [0, 0.05) is 19.6 Å². The molecule has 5 heteroatoms. The van der Waals surface area contributed by atoms with E-state index in [1.807, 2.05) is 0 Å². The van der Waals surface area contributed by atoms with Gasteiger partial charge < -0.3 is 9.30 Å². The molecule has 1 aliphatic carbocycles. The molecular weight excluding hydrogens is 226 g/mol. The van der Waals surface area contributed by atoms with Gasteiger partial charge in [-0.1, -0.05) is 0 Å². The van der Waals surface area contributed by atoms with Crippen molar-refractivity contribution in [3.63, 3.8) is 0 Å². The molecule has 0 bridgehead atoms. The fourth-order valence-corrected chi connectivity index (χ4v) is 2.01. The summed E-state index contributed by atoms with van der Waals surface area (Å²) in [6, 6.07) is 0.594. The van der Waals surface area contributed by atoms with Crippen LogP contribution in [0.3, 0.4) is 0 Å². The topological polar surface area (TPSA) is 39.9 Å². The van der Waals surface area contributed by atoms with Crippen molar-refractivity contribution in [2.75, 3.05) is 7.11 Å². The maximum Gasteiger partial charge on any atom is 0.148 e. The molecule has 0 saturated heterocycles. The van der Waals surface area contributed by atoms with Gasteiger partial charge in [-0.3, -0.25) is 0 Å². The van der Waals surface area contributed by atoms with E-state index in [9.17, 15) is 0 Å². The molecule has 1 aliphatic rings. The SMILES string of the molecule is COC(C)CCc1nnc(CCl)n1C1CC1. The Morgan fingerprint density at radius 2 is 2.12 bits per heavy atom. The first kappa shape index (κ1) is 11.9. The number of nitrogens with zero attached hydrogens (tertiary/aromatic N) is 3. The van der Waals surface area contributed by atoms with Crippen LogP contribution in [0.5, 0.6) is 0 Å². The number of methoxy groups -OCH3 is 1. The van der Waals surface area contributed by atoms with Gasteiger partial charge in [0.05, 0.1) is 12.0 Å². The van der Waals surface area contributed by atoms with E-state index in [4.69, 9.17) is 16.3 Å². The van der Waals surface area contributed by atoms with Crippen LogP contribution in [-0.4, -0.2) is 28.0 Å². The third-order valence-corrected chi connectivity index (χ3v) is 3.28. The Hall–Kier alpha value is -0.610. The first-order chi connectivity index (χ1) is 7.76. The van der Waals surface area contributed by atoms with Crippen LogP contribution in [0.1, 0.15) is 43.9 Å². The Morgan fingerprint density at radius 3 is 2.69 bits per heavy atom. The zero-order valence-electron chi connectivity index (χ0n) is 9.82. The van der Waals surface area contributed by atoms with Crippen molar-refractivity contribution < 1.29 is 4.74 Å². The zero-order valence-corrected chi connectivity index (χ0v) is 10.6. The first-order valence-electron chi connectivity index (χ1n) is 5.77. The summed E-state index contributed by atoms with van der Waals surface area (Å²) in [4.78, 5) is 0. The largest absolute Gasteiger partial charge is 0.382 e. The van der Waals surface area contributed by atoms with Crippen molar-refractivity contribution in [1.82, 2.24) is 14.8 Å². The van der Waals surface area contributed by atoms with Crippen LogP contribution in [0.15, 0.2) is 0 Å². The fraction of sp³-hybridized carbons (Fsp3) is 0.818. The number of alkyl halides is 1. The van der Waals surface area contributed by atoms with Crippen molar-refractivity contribution in [2.24, 2.45) is 0 Å². The minimum Gasteiger partial charge on any atom is -0.382 e. The minimum atomic E-state index is 0.267. The van der Waals surface area contributed by atoms with Gasteiger partial charge in [-0.25, -0.2) is 0 Å². The predicted molar refractivity (Wildman–Crippen MR) is 62.6 cm³/mol. The molecule has 0 radical (unpaired) electrons. The third-order valence-electron chi connectivity index (χ3n) is 3.05. The lowest BCUT2D eigenvalue weighted by molar-refractivity contribution is 0.110. The number of hydrogen-bond acceptors (Lipinski definition) is 3. The second kappa shape index (κ2) is 5.15. The third kappa shape index (κ3) is 2.55. The van der Waals surface area contributed by atoms with Gasteiger partial charge in [-0.2, -0.15) is 0 Å². The number of aryl methyl sites for hydroxylation is 1. The van der Waals surface area contributed by atoms with Gasteiger partial charge in [0.15, 0.2) is 0 Å². The highest BCUT2D eigenvalue weighted by atomic mass is 35.5. The highest BCUT2D eigenvalue weighted by molar-refractivity contribution is 6.16. The van der Waals surface area contributed by atoms with Gasteiger partial charge in [0.2, 0.25) is 0 Å². The number of aromatic nitrogens is 3. The molecule has 1 aromatic heterocycles. The van der Waals surface area contributed by atoms with Crippen LogP contribution in [0.25, 0.3) is 0 Å². The second-order valence-corrected chi connectivity index (χ2v) is 4.62. The van der Waals surface area contributed by atoms with Crippen molar-refractivity contribution in [2.45, 2.75) is 50.6 Å². The molecule has 0 spiro atoms. The maximum absolute atomic E-state index is 5.86. The van der Waals surface area contributed by atoms with Crippen LogP contribution in [-0.2, 0) is 17.0 Å². The maximum atomic E-state index is 5.86. The molecule has 0 amide bonds. The molecule has 1 heterocycles. The Morgan fingerprint density at radius 1 is 1.44 bits per heavy atom. The molecule has 90 valence electrons. The van der Waals surface area contributed by atoms with Gasteiger partial charge in [0.1, 0.15) is 11.6 Å². The molecule has 4 nitrogen and oxygen atoms in total. The Kier molecular flexibility index (Phi) is 3.82. The summed E-state index contributed by atoms with van der Waals surface area (Å²) in [5, 5.41) is 8.37. The lowest BCUT2D eigenvalue weighted by Gasteiger charge is -2.10. The molecule has 0 aromatic carbocycles. The standard InChI is InChI=1S/C11H18ClN3O/c1-8(16-2)3-6-10-13-14-11(7-12)15(10)9-4-5-9/h8-9H,3-7H2,1-2H3. The van der Waals surface area contributed by atoms with E-state index in [0.29, 0.717) is 11.9 Å².